The lowest BCUT2D eigenvalue weighted by atomic mass is 10.1. The summed E-state index contributed by atoms with van der Waals surface area (Å²) in [6.45, 7) is 2.35. The average Bonchev–Trinajstić information content (AvgIpc) is 2.67. The van der Waals surface area contributed by atoms with Gasteiger partial charge in [0.05, 0.1) is 12.7 Å². The van der Waals surface area contributed by atoms with Gasteiger partial charge in [0.2, 0.25) is 0 Å². The molecule has 0 bridgehead atoms. The van der Waals surface area contributed by atoms with Crippen molar-refractivity contribution in [1.29, 1.82) is 0 Å². The molecule has 0 atom stereocenters. The lowest BCUT2D eigenvalue weighted by Crippen LogP contribution is -2.32. The molecule has 0 radical (unpaired) electrons. The zero-order valence-corrected chi connectivity index (χ0v) is 14.5. The molecular formula is C20H24N2O3. The molecule has 1 fully saturated rings. The van der Waals surface area contributed by atoms with Crippen LogP contribution in [0.4, 0.5) is 5.69 Å². The van der Waals surface area contributed by atoms with Crippen molar-refractivity contribution < 1.29 is 14.6 Å². The van der Waals surface area contributed by atoms with Gasteiger partial charge in [0.25, 0.3) is 5.91 Å². The van der Waals surface area contributed by atoms with Gasteiger partial charge in [-0.2, -0.15) is 0 Å². The number of hydrogen-bond donors (Lipinski definition) is 2. The summed E-state index contributed by atoms with van der Waals surface area (Å²) >= 11 is 0. The molecule has 2 aromatic rings. The smallest absolute Gasteiger partial charge is 0.253 e. The van der Waals surface area contributed by atoms with Gasteiger partial charge in [0, 0.05) is 25.3 Å². The predicted octanol–water partition coefficient (Wildman–Crippen LogP) is 3.32. The van der Waals surface area contributed by atoms with Crippen molar-refractivity contribution in [1.82, 2.24) is 5.32 Å². The Morgan fingerprint density at radius 3 is 2.64 bits per heavy atom. The maximum Gasteiger partial charge on any atom is 0.253 e. The van der Waals surface area contributed by atoms with E-state index in [9.17, 15) is 9.90 Å². The van der Waals surface area contributed by atoms with Gasteiger partial charge < -0.3 is 20.1 Å². The Labute approximate surface area is 148 Å². The van der Waals surface area contributed by atoms with E-state index in [1.54, 1.807) is 12.1 Å². The number of nitrogens with zero attached hydrogens (tertiary/aromatic N) is 1. The number of hydrogen-bond acceptors (Lipinski definition) is 4. The van der Waals surface area contributed by atoms with E-state index in [4.69, 9.17) is 4.74 Å². The van der Waals surface area contributed by atoms with Gasteiger partial charge in [-0.25, -0.2) is 0 Å². The van der Waals surface area contributed by atoms with Crippen LogP contribution in [0.1, 0.15) is 35.2 Å². The molecule has 0 aromatic heterocycles. The van der Waals surface area contributed by atoms with Crippen LogP contribution >= 0.6 is 0 Å². The maximum absolute atomic E-state index is 12.7. The number of para-hydroxylation sites is 1. The van der Waals surface area contributed by atoms with E-state index in [0.29, 0.717) is 17.9 Å². The SMILES string of the molecule is COc1ccc(CNC(=O)c2ccccc2N2CCCCC2)cc1O. The van der Waals surface area contributed by atoms with Gasteiger partial charge in [0.1, 0.15) is 0 Å². The summed E-state index contributed by atoms with van der Waals surface area (Å²) in [5, 5.41) is 12.8. The number of amides is 1. The number of ether oxygens (including phenoxy) is 1. The van der Waals surface area contributed by atoms with Crippen molar-refractivity contribution in [2.75, 3.05) is 25.1 Å². The molecule has 25 heavy (non-hydrogen) atoms. The Hall–Kier alpha value is -2.69. The van der Waals surface area contributed by atoms with E-state index < -0.39 is 0 Å². The minimum Gasteiger partial charge on any atom is -0.504 e. The number of benzene rings is 2. The molecule has 0 aliphatic carbocycles. The highest BCUT2D eigenvalue weighted by molar-refractivity contribution is 5.99. The summed E-state index contributed by atoms with van der Waals surface area (Å²) in [4.78, 5) is 15.0. The Bertz CT molecular complexity index is 739. The van der Waals surface area contributed by atoms with Crippen LogP contribution in [-0.2, 0) is 6.54 Å². The summed E-state index contributed by atoms with van der Waals surface area (Å²) in [6, 6.07) is 12.9. The van der Waals surface area contributed by atoms with Crippen molar-refractivity contribution >= 4 is 11.6 Å². The van der Waals surface area contributed by atoms with Gasteiger partial charge in [-0.15, -0.1) is 0 Å². The minimum atomic E-state index is -0.100. The zero-order chi connectivity index (χ0) is 17.6. The van der Waals surface area contributed by atoms with Crippen LogP contribution in [-0.4, -0.2) is 31.2 Å². The first-order valence-electron chi connectivity index (χ1n) is 8.67. The first-order chi connectivity index (χ1) is 12.2. The van der Waals surface area contributed by atoms with Crippen LogP contribution in [0.15, 0.2) is 42.5 Å². The maximum atomic E-state index is 12.7. The normalized spacial score (nSPS) is 14.2. The van der Waals surface area contributed by atoms with Crippen LogP contribution in [0.3, 0.4) is 0 Å². The fourth-order valence-corrected chi connectivity index (χ4v) is 3.20. The average molecular weight is 340 g/mol. The number of carbonyl (C=O) groups is 1. The van der Waals surface area contributed by atoms with Crippen molar-refractivity contribution in [3.05, 3.63) is 53.6 Å². The number of methoxy groups -OCH3 is 1. The topological polar surface area (TPSA) is 61.8 Å². The van der Waals surface area contributed by atoms with Crippen LogP contribution in [0.25, 0.3) is 0 Å². The Morgan fingerprint density at radius 1 is 1.16 bits per heavy atom. The monoisotopic (exact) mass is 340 g/mol. The molecule has 2 aromatic carbocycles. The molecule has 132 valence electrons. The van der Waals surface area contributed by atoms with Crippen LogP contribution in [0.2, 0.25) is 0 Å². The second-order valence-corrected chi connectivity index (χ2v) is 6.25. The van der Waals surface area contributed by atoms with E-state index in [1.165, 1.54) is 26.4 Å². The summed E-state index contributed by atoms with van der Waals surface area (Å²) < 4.78 is 5.03. The van der Waals surface area contributed by atoms with Crippen LogP contribution in [0.5, 0.6) is 11.5 Å². The molecule has 1 heterocycles. The Kier molecular flexibility index (Phi) is 5.43. The van der Waals surface area contributed by atoms with Crippen molar-refractivity contribution in [3.63, 3.8) is 0 Å². The van der Waals surface area contributed by atoms with E-state index in [0.717, 1.165) is 24.3 Å². The molecule has 1 aliphatic heterocycles. The molecule has 5 nitrogen and oxygen atoms in total. The lowest BCUT2D eigenvalue weighted by molar-refractivity contribution is 0.0951. The highest BCUT2D eigenvalue weighted by Crippen LogP contribution is 2.27. The second kappa shape index (κ2) is 7.92. The molecule has 1 saturated heterocycles. The van der Waals surface area contributed by atoms with Gasteiger partial charge in [0.15, 0.2) is 11.5 Å². The van der Waals surface area contributed by atoms with Crippen LogP contribution < -0.4 is 15.0 Å². The number of phenolic OH excluding ortho intramolecular Hbond substituents is 1. The molecule has 0 saturated carbocycles. The molecule has 5 heteroatoms. The second-order valence-electron chi connectivity index (χ2n) is 6.25. The third-order valence-corrected chi connectivity index (χ3v) is 4.54. The van der Waals surface area contributed by atoms with Gasteiger partial charge in [-0.3, -0.25) is 4.79 Å². The number of nitrogens with one attached hydrogen (secondary N) is 1. The lowest BCUT2D eigenvalue weighted by Gasteiger charge is -2.30. The zero-order valence-electron chi connectivity index (χ0n) is 14.5. The molecule has 1 amide bonds. The molecule has 0 unspecified atom stereocenters. The van der Waals surface area contributed by atoms with E-state index in [2.05, 4.69) is 10.2 Å². The van der Waals surface area contributed by atoms with Crippen molar-refractivity contribution in [2.24, 2.45) is 0 Å². The number of rotatable bonds is 5. The molecule has 0 spiro atoms. The highest BCUT2D eigenvalue weighted by Gasteiger charge is 2.18. The quantitative estimate of drug-likeness (QED) is 0.876. The molecular weight excluding hydrogens is 316 g/mol. The number of carbonyl (C=O) groups excluding carboxylic acids is 1. The minimum absolute atomic E-state index is 0.0722. The number of piperidine rings is 1. The number of anilines is 1. The standard InChI is InChI=1S/C20H24N2O3/c1-25-19-10-9-15(13-18(19)23)14-21-20(24)16-7-3-4-8-17(16)22-11-5-2-6-12-22/h3-4,7-10,13,23H,2,5-6,11-12,14H2,1H3,(H,21,24). The highest BCUT2D eigenvalue weighted by atomic mass is 16.5. The van der Waals surface area contributed by atoms with Gasteiger partial charge >= 0.3 is 0 Å². The molecule has 2 N–H and O–H groups in total. The van der Waals surface area contributed by atoms with E-state index in [1.807, 2.05) is 30.3 Å². The van der Waals surface area contributed by atoms with Gasteiger partial charge in [-0.05, 0) is 49.1 Å². The molecule has 1 aliphatic rings. The van der Waals surface area contributed by atoms with Crippen molar-refractivity contribution in [3.8, 4) is 11.5 Å². The van der Waals surface area contributed by atoms with Crippen LogP contribution in [0, 0.1) is 0 Å². The Morgan fingerprint density at radius 2 is 1.92 bits per heavy atom. The van der Waals surface area contributed by atoms with Crippen molar-refractivity contribution in [2.45, 2.75) is 25.8 Å². The largest absolute Gasteiger partial charge is 0.504 e. The predicted molar refractivity (Wildman–Crippen MR) is 98.3 cm³/mol. The fraction of sp³-hybridized carbons (Fsp3) is 0.350. The molecule has 3 rings (SSSR count). The summed E-state index contributed by atoms with van der Waals surface area (Å²) in [6.07, 6.45) is 3.59. The first kappa shape index (κ1) is 17.1. The first-order valence-corrected chi connectivity index (χ1v) is 8.67. The third kappa shape index (κ3) is 4.05. The third-order valence-electron chi connectivity index (χ3n) is 4.54. The number of phenols is 1. The fourth-order valence-electron chi connectivity index (χ4n) is 3.20. The van der Waals surface area contributed by atoms with E-state index >= 15 is 0 Å². The van der Waals surface area contributed by atoms with E-state index in [-0.39, 0.29) is 11.7 Å². The summed E-state index contributed by atoms with van der Waals surface area (Å²) in [5.74, 6) is 0.393. The Balaban J connectivity index is 1.70. The summed E-state index contributed by atoms with van der Waals surface area (Å²) in [7, 11) is 1.51. The van der Waals surface area contributed by atoms with Gasteiger partial charge in [-0.1, -0.05) is 18.2 Å². The summed E-state index contributed by atoms with van der Waals surface area (Å²) in [5.41, 5.74) is 2.52. The number of aromatic hydroxyl groups is 1.